The minimum atomic E-state index is 0.737. The second kappa shape index (κ2) is 4.36. The van der Waals surface area contributed by atoms with Gasteiger partial charge in [0.2, 0.25) is 0 Å². The maximum atomic E-state index is 2.31. The lowest BCUT2D eigenvalue weighted by atomic mass is 9.98. The van der Waals surface area contributed by atoms with E-state index in [1.807, 2.05) is 11.3 Å². The lowest BCUT2D eigenvalue weighted by Gasteiger charge is -2.08. The van der Waals surface area contributed by atoms with Gasteiger partial charge in [-0.1, -0.05) is 32.9 Å². The van der Waals surface area contributed by atoms with Crippen molar-refractivity contribution in [2.75, 3.05) is 0 Å². The molecule has 0 amide bonds. The van der Waals surface area contributed by atoms with Gasteiger partial charge in [0.25, 0.3) is 0 Å². The predicted molar refractivity (Wildman–Crippen MR) is 69.7 cm³/mol. The Morgan fingerprint density at radius 2 is 1.87 bits per heavy atom. The normalized spacial score (nSPS) is 11.5. The zero-order valence-electron chi connectivity index (χ0n) is 9.71. The van der Waals surface area contributed by atoms with Crippen LogP contribution >= 0.6 is 11.3 Å². The van der Waals surface area contributed by atoms with Crippen molar-refractivity contribution in [2.24, 2.45) is 5.92 Å². The number of benzene rings is 1. The first-order valence-electron chi connectivity index (χ1n) is 5.70. The number of thiophene rings is 1. The van der Waals surface area contributed by atoms with Crippen LogP contribution in [0.2, 0.25) is 0 Å². The van der Waals surface area contributed by atoms with Crippen LogP contribution in [0.25, 0.3) is 10.1 Å². The van der Waals surface area contributed by atoms with Gasteiger partial charge in [0.05, 0.1) is 0 Å². The van der Waals surface area contributed by atoms with Crippen LogP contribution in [0.1, 0.15) is 31.9 Å². The molecule has 1 aromatic carbocycles. The number of fused-ring (bicyclic) bond motifs is 1. The molecule has 80 valence electrons. The molecule has 0 saturated carbocycles. The van der Waals surface area contributed by atoms with Crippen LogP contribution in [0.15, 0.2) is 23.6 Å². The van der Waals surface area contributed by atoms with Crippen LogP contribution in [0.5, 0.6) is 0 Å². The van der Waals surface area contributed by atoms with Crippen molar-refractivity contribution in [3.8, 4) is 0 Å². The highest BCUT2D eigenvalue weighted by Gasteiger charge is 2.07. The van der Waals surface area contributed by atoms with Crippen molar-refractivity contribution in [3.63, 3.8) is 0 Å². The van der Waals surface area contributed by atoms with Gasteiger partial charge < -0.3 is 0 Å². The Bertz CT molecular complexity index is 451. The molecule has 1 aromatic heterocycles. The minimum absolute atomic E-state index is 0.737. The molecule has 0 saturated heterocycles. The molecule has 2 aromatic rings. The summed E-state index contributed by atoms with van der Waals surface area (Å²) < 4.78 is 1.50. The Kier molecular flexibility index (Phi) is 3.11. The van der Waals surface area contributed by atoms with Gasteiger partial charge >= 0.3 is 0 Å². The lowest BCUT2D eigenvalue weighted by molar-refractivity contribution is 0.650. The largest absolute Gasteiger partial charge is 0.144 e. The van der Waals surface area contributed by atoms with E-state index in [0.717, 1.165) is 12.3 Å². The molecule has 0 spiro atoms. The van der Waals surface area contributed by atoms with Crippen molar-refractivity contribution in [3.05, 3.63) is 34.7 Å². The monoisotopic (exact) mass is 218 g/mol. The number of hydrogen-bond acceptors (Lipinski definition) is 1. The second-order valence-corrected chi connectivity index (χ2v) is 5.41. The van der Waals surface area contributed by atoms with Gasteiger partial charge in [-0.3, -0.25) is 0 Å². The van der Waals surface area contributed by atoms with E-state index in [2.05, 4.69) is 44.4 Å². The van der Waals surface area contributed by atoms with Gasteiger partial charge in [-0.05, 0) is 46.7 Å². The first-order valence-corrected chi connectivity index (χ1v) is 6.58. The molecule has 2 rings (SSSR count). The highest BCUT2D eigenvalue weighted by Crippen LogP contribution is 2.29. The average molecular weight is 218 g/mol. The summed E-state index contributed by atoms with van der Waals surface area (Å²) in [6.45, 7) is 6.80. The van der Waals surface area contributed by atoms with Crippen molar-refractivity contribution in [1.29, 1.82) is 0 Å². The Morgan fingerprint density at radius 3 is 2.53 bits per heavy atom. The maximum Gasteiger partial charge on any atom is 0.0377 e. The molecule has 0 nitrogen and oxygen atoms in total. The van der Waals surface area contributed by atoms with Gasteiger partial charge in [-0.2, -0.15) is 0 Å². The standard InChI is InChI=1S/C14H18S/c1-4-11-5-6-12(9-10(2)3)13-7-8-15-14(11)13/h5-8,10H,4,9H2,1-3H3. The summed E-state index contributed by atoms with van der Waals surface area (Å²) in [6.07, 6.45) is 2.33. The second-order valence-electron chi connectivity index (χ2n) is 4.50. The predicted octanol–water partition coefficient (Wildman–Crippen LogP) is 4.66. The van der Waals surface area contributed by atoms with Crippen molar-refractivity contribution >= 4 is 21.4 Å². The summed E-state index contributed by atoms with van der Waals surface area (Å²) >= 11 is 1.88. The van der Waals surface area contributed by atoms with E-state index >= 15 is 0 Å². The molecule has 0 bridgehead atoms. The molecule has 0 aliphatic rings. The van der Waals surface area contributed by atoms with E-state index in [4.69, 9.17) is 0 Å². The van der Waals surface area contributed by atoms with Crippen LogP contribution in [0, 0.1) is 5.92 Å². The van der Waals surface area contributed by atoms with Gasteiger partial charge in [-0.15, -0.1) is 11.3 Å². The lowest BCUT2D eigenvalue weighted by Crippen LogP contribution is -1.95. The summed E-state index contributed by atoms with van der Waals surface area (Å²) in [6, 6.07) is 6.89. The van der Waals surface area contributed by atoms with E-state index in [-0.39, 0.29) is 0 Å². The molecule has 0 aliphatic heterocycles. The molecule has 0 radical (unpaired) electrons. The van der Waals surface area contributed by atoms with E-state index in [1.54, 1.807) is 0 Å². The molecule has 0 atom stereocenters. The Hall–Kier alpha value is -0.820. The molecular formula is C14H18S. The Labute approximate surface area is 95.9 Å². The summed E-state index contributed by atoms with van der Waals surface area (Å²) in [5.74, 6) is 0.737. The highest BCUT2D eigenvalue weighted by molar-refractivity contribution is 7.17. The molecule has 1 heteroatoms. The fraction of sp³-hybridized carbons (Fsp3) is 0.429. The van der Waals surface area contributed by atoms with Gasteiger partial charge in [0, 0.05) is 4.70 Å². The van der Waals surface area contributed by atoms with E-state index in [9.17, 15) is 0 Å². The summed E-state index contributed by atoms with van der Waals surface area (Å²) in [5.41, 5.74) is 3.01. The molecule has 15 heavy (non-hydrogen) atoms. The molecule has 1 heterocycles. The van der Waals surface area contributed by atoms with Crippen molar-refractivity contribution in [1.82, 2.24) is 0 Å². The third-order valence-corrected chi connectivity index (χ3v) is 3.79. The molecule has 0 aliphatic carbocycles. The topological polar surface area (TPSA) is 0 Å². The maximum absolute atomic E-state index is 2.31. The Morgan fingerprint density at radius 1 is 1.13 bits per heavy atom. The molecule has 0 N–H and O–H groups in total. The van der Waals surface area contributed by atoms with Gasteiger partial charge in [0.1, 0.15) is 0 Å². The smallest absolute Gasteiger partial charge is 0.0377 e. The number of aryl methyl sites for hydroxylation is 1. The van der Waals surface area contributed by atoms with Crippen LogP contribution in [-0.2, 0) is 12.8 Å². The quantitative estimate of drug-likeness (QED) is 0.702. The van der Waals surface area contributed by atoms with E-state index < -0.39 is 0 Å². The fourth-order valence-corrected chi connectivity index (χ4v) is 3.10. The first-order chi connectivity index (χ1) is 7.22. The summed E-state index contributed by atoms with van der Waals surface area (Å²) in [7, 11) is 0. The zero-order chi connectivity index (χ0) is 10.8. The third kappa shape index (κ3) is 2.07. The molecule has 0 fully saturated rings. The average Bonchev–Trinajstić information content (AvgIpc) is 2.66. The Balaban J connectivity index is 2.53. The van der Waals surface area contributed by atoms with E-state index in [0.29, 0.717) is 0 Å². The van der Waals surface area contributed by atoms with Crippen molar-refractivity contribution < 1.29 is 0 Å². The van der Waals surface area contributed by atoms with Crippen LogP contribution in [-0.4, -0.2) is 0 Å². The third-order valence-electron chi connectivity index (χ3n) is 2.80. The highest BCUT2D eigenvalue weighted by atomic mass is 32.1. The van der Waals surface area contributed by atoms with E-state index in [1.165, 1.54) is 27.6 Å². The summed E-state index contributed by atoms with van der Waals surface area (Å²) in [4.78, 5) is 0. The van der Waals surface area contributed by atoms with Gasteiger partial charge in [-0.25, -0.2) is 0 Å². The number of hydrogen-bond donors (Lipinski definition) is 0. The van der Waals surface area contributed by atoms with Gasteiger partial charge in [0.15, 0.2) is 0 Å². The number of rotatable bonds is 3. The van der Waals surface area contributed by atoms with Crippen molar-refractivity contribution in [2.45, 2.75) is 33.6 Å². The molecular weight excluding hydrogens is 200 g/mol. The zero-order valence-corrected chi connectivity index (χ0v) is 10.5. The fourth-order valence-electron chi connectivity index (χ4n) is 2.07. The van der Waals surface area contributed by atoms with Crippen LogP contribution in [0.3, 0.4) is 0 Å². The summed E-state index contributed by atoms with van der Waals surface area (Å²) in [5, 5.41) is 3.70. The SMILES string of the molecule is CCc1ccc(CC(C)C)c2ccsc12. The van der Waals surface area contributed by atoms with Crippen LogP contribution < -0.4 is 0 Å². The molecule has 0 unspecified atom stereocenters. The minimum Gasteiger partial charge on any atom is -0.144 e. The first kappa shape index (κ1) is 10.7. The van der Waals surface area contributed by atoms with Crippen LogP contribution in [0.4, 0.5) is 0 Å².